The minimum absolute atomic E-state index is 0.596. The molecular weight excluding hydrogens is 244 g/mol. The molecule has 1 atom stereocenters. The summed E-state index contributed by atoms with van der Waals surface area (Å²) in [7, 11) is 4.36. The fourth-order valence-corrected chi connectivity index (χ4v) is 3.32. The van der Waals surface area contributed by atoms with E-state index in [4.69, 9.17) is 5.73 Å². The molecule has 0 aliphatic carbocycles. The molecule has 18 heavy (non-hydrogen) atoms. The van der Waals surface area contributed by atoms with Crippen molar-refractivity contribution in [2.75, 3.05) is 38.6 Å². The summed E-state index contributed by atoms with van der Waals surface area (Å²) in [5, 5.41) is 1.10. The highest BCUT2D eigenvalue weighted by atomic mass is 32.1. The lowest BCUT2D eigenvalue weighted by atomic mass is 9.95. The van der Waals surface area contributed by atoms with Crippen molar-refractivity contribution in [3.8, 4) is 0 Å². The average molecular weight is 268 g/mol. The van der Waals surface area contributed by atoms with Crippen molar-refractivity contribution in [3.63, 3.8) is 0 Å². The van der Waals surface area contributed by atoms with Crippen LogP contribution in [0.2, 0.25) is 0 Å². The first kappa shape index (κ1) is 13.8. The van der Waals surface area contributed by atoms with E-state index in [1.165, 1.54) is 32.4 Å². The van der Waals surface area contributed by atoms with E-state index in [-0.39, 0.29) is 0 Å². The molecule has 1 unspecified atom stereocenters. The van der Waals surface area contributed by atoms with Crippen molar-refractivity contribution in [2.24, 2.45) is 11.7 Å². The zero-order valence-electron chi connectivity index (χ0n) is 11.4. The number of aromatic nitrogens is 1. The standard InChI is InChI=1S/C13H24N4S/c1-16-6-3-4-11(10-16)5-7-17(2)13-15-9-12(8-14)18-13/h9,11H,3-8,10,14H2,1-2H3. The molecule has 1 saturated heterocycles. The summed E-state index contributed by atoms with van der Waals surface area (Å²) in [6.45, 7) is 4.20. The van der Waals surface area contributed by atoms with E-state index < -0.39 is 0 Å². The van der Waals surface area contributed by atoms with Crippen molar-refractivity contribution < 1.29 is 0 Å². The van der Waals surface area contributed by atoms with Gasteiger partial charge in [-0.3, -0.25) is 0 Å². The maximum Gasteiger partial charge on any atom is 0.185 e. The van der Waals surface area contributed by atoms with Crippen LogP contribution in [0.5, 0.6) is 0 Å². The Morgan fingerprint density at radius 1 is 1.61 bits per heavy atom. The zero-order chi connectivity index (χ0) is 13.0. The van der Waals surface area contributed by atoms with Crippen LogP contribution in [0.1, 0.15) is 24.1 Å². The fourth-order valence-electron chi connectivity index (χ4n) is 2.55. The molecule has 0 bridgehead atoms. The largest absolute Gasteiger partial charge is 0.351 e. The van der Waals surface area contributed by atoms with Crippen molar-refractivity contribution in [2.45, 2.75) is 25.8 Å². The Morgan fingerprint density at radius 3 is 3.11 bits per heavy atom. The Kier molecular flexibility index (Phi) is 4.97. The molecule has 1 aliphatic heterocycles. The smallest absolute Gasteiger partial charge is 0.185 e. The van der Waals surface area contributed by atoms with Gasteiger partial charge in [-0.15, -0.1) is 11.3 Å². The van der Waals surface area contributed by atoms with Crippen LogP contribution < -0.4 is 10.6 Å². The quantitative estimate of drug-likeness (QED) is 0.884. The van der Waals surface area contributed by atoms with Gasteiger partial charge in [0.05, 0.1) is 0 Å². The highest BCUT2D eigenvalue weighted by molar-refractivity contribution is 7.15. The molecule has 0 amide bonds. The maximum atomic E-state index is 5.62. The molecule has 1 aromatic rings. The maximum absolute atomic E-state index is 5.62. The van der Waals surface area contributed by atoms with E-state index in [0.717, 1.165) is 22.5 Å². The number of nitrogens with two attached hydrogens (primary N) is 1. The number of thiazole rings is 1. The van der Waals surface area contributed by atoms with Gasteiger partial charge in [0.2, 0.25) is 0 Å². The summed E-state index contributed by atoms with van der Waals surface area (Å²) >= 11 is 1.71. The van der Waals surface area contributed by atoms with Crippen molar-refractivity contribution >= 4 is 16.5 Å². The topological polar surface area (TPSA) is 45.4 Å². The molecule has 1 fully saturated rings. The van der Waals surface area contributed by atoms with E-state index in [0.29, 0.717) is 6.54 Å². The Hall–Kier alpha value is -0.650. The Labute approximate surface area is 114 Å². The van der Waals surface area contributed by atoms with Gasteiger partial charge in [-0.05, 0) is 38.8 Å². The summed E-state index contributed by atoms with van der Waals surface area (Å²) in [4.78, 5) is 10.3. The predicted molar refractivity (Wildman–Crippen MR) is 78.1 cm³/mol. The van der Waals surface area contributed by atoms with Crippen LogP contribution in [0.3, 0.4) is 0 Å². The van der Waals surface area contributed by atoms with Gasteiger partial charge in [0, 0.05) is 37.8 Å². The lowest BCUT2D eigenvalue weighted by molar-refractivity contribution is 0.203. The van der Waals surface area contributed by atoms with Crippen molar-refractivity contribution in [1.29, 1.82) is 0 Å². The van der Waals surface area contributed by atoms with Gasteiger partial charge < -0.3 is 15.5 Å². The number of rotatable bonds is 5. The third kappa shape index (κ3) is 3.67. The van der Waals surface area contributed by atoms with Crippen molar-refractivity contribution in [3.05, 3.63) is 11.1 Å². The summed E-state index contributed by atoms with van der Waals surface area (Å²) < 4.78 is 0. The third-order valence-corrected chi connectivity index (χ3v) is 4.80. The summed E-state index contributed by atoms with van der Waals surface area (Å²) in [6, 6.07) is 0. The number of likely N-dealkylation sites (tertiary alicyclic amines) is 1. The van der Waals surface area contributed by atoms with Crippen molar-refractivity contribution in [1.82, 2.24) is 9.88 Å². The number of hydrogen-bond acceptors (Lipinski definition) is 5. The summed E-state index contributed by atoms with van der Waals surface area (Å²) in [6.07, 6.45) is 5.88. The van der Waals surface area contributed by atoms with E-state index in [1.807, 2.05) is 6.20 Å². The van der Waals surface area contributed by atoms with Crippen LogP contribution in [-0.4, -0.2) is 43.6 Å². The molecule has 102 valence electrons. The fraction of sp³-hybridized carbons (Fsp3) is 0.769. The first-order chi connectivity index (χ1) is 8.69. The lowest BCUT2D eigenvalue weighted by Crippen LogP contribution is -2.34. The number of piperidine rings is 1. The molecule has 1 aromatic heterocycles. The minimum atomic E-state index is 0.596. The van der Waals surface area contributed by atoms with Gasteiger partial charge in [0.15, 0.2) is 5.13 Å². The van der Waals surface area contributed by atoms with Gasteiger partial charge in [-0.25, -0.2) is 4.98 Å². The predicted octanol–water partition coefficient (Wildman–Crippen LogP) is 1.77. The minimum Gasteiger partial charge on any atom is -0.351 e. The van der Waals surface area contributed by atoms with E-state index in [9.17, 15) is 0 Å². The molecule has 2 rings (SSSR count). The Balaban J connectivity index is 1.78. The second-order valence-electron chi connectivity index (χ2n) is 5.29. The Morgan fingerprint density at radius 2 is 2.44 bits per heavy atom. The number of nitrogens with zero attached hydrogens (tertiary/aromatic N) is 3. The van der Waals surface area contributed by atoms with Crippen LogP contribution in [0.25, 0.3) is 0 Å². The monoisotopic (exact) mass is 268 g/mol. The number of hydrogen-bond donors (Lipinski definition) is 1. The van der Waals surface area contributed by atoms with Gasteiger partial charge in [0.1, 0.15) is 0 Å². The van der Waals surface area contributed by atoms with Gasteiger partial charge >= 0.3 is 0 Å². The van der Waals surface area contributed by atoms with E-state index in [2.05, 4.69) is 28.9 Å². The van der Waals surface area contributed by atoms with E-state index >= 15 is 0 Å². The lowest BCUT2D eigenvalue weighted by Gasteiger charge is -2.30. The van der Waals surface area contributed by atoms with Gasteiger partial charge in [-0.1, -0.05) is 0 Å². The van der Waals surface area contributed by atoms with Crippen LogP contribution in [0.4, 0.5) is 5.13 Å². The van der Waals surface area contributed by atoms with Gasteiger partial charge in [0.25, 0.3) is 0 Å². The SMILES string of the molecule is CN1CCCC(CCN(C)c2ncc(CN)s2)C1. The first-order valence-electron chi connectivity index (χ1n) is 6.73. The molecule has 4 nitrogen and oxygen atoms in total. The van der Waals surface area contributed by atoms with Crippen LogP contribution in [0, 0.1) is 5.92 Å². The molecule has 0 spiro atoms. The molecule has 0 radical (unpaired) electrons. The molecule has 5 heteroatoms. The first-order valence-corrected chi connectivity index (χ1v) is 7.55. The highest BCUT2D eigenvalue weighted by Crippen LogP contribution is 2.23. The summed E-state index contributed by atoms with van der Waals surface area (Å²) in [5.41, 5.74) is 5.62. The van der Waals surface area contributed by atoms with Gasteiger partial charge in [-0.2, -0.15) is 0 Å². The Bertz CT molecular complexity index is 366. The van der Waals surface area contributed by atoms with Crippen LogP contribution in [0.15, 0.2) is 6.20 Å². The molecule has 0 aromatic carbocycles. The molecule has 2 heterocycles. The average Bonchev–Trinajstić information content (AvgIpc) is 2.85. The van der Waals surface area contributed by atoms with Crippen LogP contribution in [-0.2, 0) is 6.54 Å². The highest BCUT2D eigenvalue weighted by Gasteiger charge is 2.17. The second kappa shape index (κ2) is 6.50. The molecule has 2 N–H and O–H groups in total. The normalized spacial score (nSPS) is 21.2. The number of anilines is 1. The molecule has 1 aliphatic rings. The molecular formula is C13H24N4S. The molecule has 0 saturated carbocycles. The summed E-state index contributed by atoms with van der Waals surface area (Å²) in [5.74, 6) is 0.847. The van der Waals surface area contributed by atoms with E-state index in [1.54, 1.807) is 11.3 Å². The zero-order valence-corrected chi connectivity index (χ0v) is 12.2. The van der Waals surface area contributed by atoms with Crippen LogP contribution >= 0.6 is 11.3 Å². The second-order valence-corrected chi connectivity index (χ2v) is 6.39. The third-order valence-electron chi connectivity index (χ3n) is 3.66.